The third kappa shape index (κ3) is 2.13. The topological polar surface area (TPSA) is 26.0 Å². The second-order valence-electron chi connectivity index (χ2n) is 4.85. The van der Waals surface area contributed by atoms with Crippen molar-refractivity contribution in [3.8, 4) is 11.1 Å². The Hall–Kier alpha value is -2.80. The summed E-state index contributed by atoms with van der Waals surface area (Å²) in [6.07, 6.45) is 0. The fourth-order valence-electron chi connectivity index (χ4n) is 2.38. The van der Waals surface area contributed by atoms with Crippen molar-refractivity contribution < 1.29 is 8.22 Å². The Bertz CT molecular complexity index is 1250. The van der Waals surface area contributed by atoms with E-state index in [0.29, 0.717) is 5.56 Å². The van der Waals surface area contributed by atoms with E-state index >= 15 is 0 Å². The van der Waals surface area contributed by atoms with Crippen molar-refractivity contribution in [2.24, 2.45) is 0 Å². The van der Waals surface area contributed by atoms with Gasteiger partial charge in [0, 0.05) is 5.69 Å². The molecule has 0 aliphatic carbocycles. The van der Waals surface area contributed by atoms with Crippen molar-refractivity contribution in [3.63, 3.8) is 0 Å². The molecule has 1 heteroatoms. The van der Waals surface area contributed by atoms with E-state index in [4.69, 9.17) is 14.0 Å². The molecule has 21 heavy (non-hydrogen) atoms. The van der Waals surface area contributed by atoms with E-state index in [1.54, 1.807) is 6.07 Å². The molecule has 0 saturated carbocycles. The zero-order valence-electron chi connectivity index (χ0n) is 17.1. The molecule has 0 atom stereocenters. The van der Waals surface area contributed by atoms with E-state index in [0.717, 1.165) is 10.8 Å². The molecule has 2 N–H and O–H groups in total. The summed E-state index contributed by atoms with van der Waals surface area (Å²) in [6.45, 7) is 0. The summed E-state index contributed by atoms with van der Waals surface area (Å²) >= 11 is 0. The zero-order chi connectivity index (χ0) is 19.5. The van der Waals surface area contributed by atoms with Crippen LogP contribution >= 0.6 is 0 Å². The molecule has 0 fully saturated rings. The van der Waals surface area contributed by atoms with Crippen LogP contribution < -0.4 is 5.73 Å². The molecule has 4 aromatic rings. The normalized spacial score (nSPS) is 15.0. The molecule has 4 aromatic carbocycles. The van der Waals surface area contributed by atoms with Gasteiger partial charge in [-0.25, -0.2) is 0 Å². The standard InChI is InChI=1S/C20H15N/c21-20-10-9-18-12-17(7-8-19(18)13-20)16-6-5-14-3-1-2-4-15(14)11-16/h1-13H,21H2/i7D,8D,9D,10D,12D,13D. The molecular weight excluding hydrogens is 254 g/mol. The number of rotatable bonds is 1. The SMILES string of the molecule is [2H]c1c(-c2ccc3ccccc3c2)c([2H])c2c([2H])c([2H])c(N)c([2H])c2c1[2H]. The summed E-state index contributed by atoms with van der Waals surface area (Å²) in [7, 11) is 0. The lowest BCUT2D eigenvalue weighted by Gasteiger charge is -2.06. The maximum Gasteiger partial charge on any atom is 0.0651 e. The third-order valence-electron chi connectivity index (χ3n) is 3.43. The third-order valence-corrected chi connectivity index (χ3v) is 3.43. The highest BCUT2D eigenvalue weighted by molar-refractivity contribution is 5.92. The molecule has 0 radical (unpaired) electrons. The van der Waals surface area contributed by atoms with Crippen LogP contribution in [0.5, 0.6) is 0 Å². The van der Waals surface area contributed by atoms with Gasteiger partial charge in [0.1, 0.15) is 0 Å². The Morgan fingerprint density at radius 3 is 2.33 bits per heavy atom. The van der Waals surface area contributed by atoms with Crippen LogP contribution in [0, 0.1) is 0 Å². The van der Waals surface area contributed by atoms with E-state index in [1.807, 2.05) is 36.4 Å². The van der Waals surface area contributed by atoms with Crippen molar-refractivity contribution in [1.82, 2.24) is 0 Å². The van der Waals surface area contributed by atoms with Crippen LogP contribution in [-0.2, 0) is 0 Å². The first-order valence-corrected chi connectivity index (χ1v) is 6.60. The van der Waals surface area contributed by atoms with Gasteiger partial charge in [-0.15, -0.1) is 0 Å². The molecule has 0 aromatic heterocycles. The number of fused-ring (bicyclic) bond motifs is 2. The molecule has 0 saturated heterocycles. The van der Waals surface area contributed by atoms with Gasteiger partial charge in [-0.05, 0) is 56.9 Å². The summed E-state index contributed by atoms with van der Waals surface area (Å²) < 4.78 is 49.6. The summed E-state index contributed by atoms with van der Waals surface area (Å²) in [5.41, 5.74) is 6.33. The number of nitrogens with two attached hydrogens (primary N) is 1. The van der Waals surface area contributed by atoms with Gasteiger partial charge in [0.2, 0.25) is 0 Å². The molecule has 0 bridgehead atoms. The van der Waals surface area contributed by atoms with E-state index < -0.39 is 0 Å². The first kappa shape index (κ1) is 7.28. The predicted molar refractivity (Wildman–Crippen MR) is 91.3 cm³/mol. The average Bonchev–Trinajstić information content (AvgIpc) is 2.67. The van der Waals surface area contributed by atoms with Gasteiger partial charge in [-0.2, -0.15) is 0 Å². The number of hydrogen-bond acceptors (Lipinski definition) is 1. The lowest BCUT2D eigenvalue weighted by molar-refractivity contribution is 1.67. The van der Waals surface area contributed by atoms with E-state index in [9.17, 15) is 0 Å². The highest BCUT2D eigenvalue weighted by Gasteiger charge is 2.02. The maximum absolute atomic E-state index is 8.60. The molecule has 0 unspecified atom stereocenters. The molecule has 100 valence electrons. The van der Waals surface area contributed by atoms with Gasteiger partial charge in [-0.1, -0.05) is 54.5 Å². The summed E-state index contributed by atoms with van der Waals surface area (Å²) in [4.78, 5) is 0. The predicted octanol–water partition coefficient (Wildman–Crippen LogP) is 5.24. The highest BCUT2D eigenvalue weighted by Crippen LogP contribution is 2.28. The average molecular weight is 275 g/mol. The Kier molecular flexibility index (Phi) is 1.61. The van der Waals surface area contributed by atoms with E-state index in [2.05, 4.69) is 0 Å². The van der Waals surface area contributed by atoms with Gasteiger partial charge >= 0.3 is 0 Å². The minimum atomic E-state index is -0.331. The van der Waals surface area contributed by atoms with E-state index in [-0.39, 0.29) is 58.3 Å². The van der Waals surface area contributed by atoms with Crippen LogP contribution in [-0.4, -0.2) is 0 Å². The molecule has 0 amide bonds. The smallest absolute Gasteiger partial charge is 0.0651 e. The molecule has 0 aliphatic rings. The quantitative estimate of drug-likeness (QED) is 0.472. The Morgan fingerprint density at radius 1 is 0.667 bits per heavy atom. The van der Waals surface area contributed by atoms with Crippen molar-refractivity contribution >= 4 is 27.2 Å². The van der Waals surface area contributed by atoms with Gasteiger partial charge in [-0.3, -0.25) is 0 Å². The summed E-state index contributed by atoms with van der Waals surface area (Å²) in [6, 6.07) is 11.7. The maximum atomic E-state index is 8.60. The van der Waals surface area contributed by atoms with Crippen LogP contribution in [0.4, 0.5) is 5.69 Å². The van der Waals surface area contributed by atoms with Crippen LogP contribution in [0.25, 0.3) is 32.7 Å². The molecule has 4 rings (SSSR count). The lowest BCUT2D eigenvalue weighted by Crippen LogP contribution is -1.84. The van der Waals surface area contributed by atoms with E-state index in [1.165, 1.54) is 0 Å². The summed E-state index contributed by atoms with van der Waals surface area (Å²) in [5.74, 6) is 0. The Morgan fingerprint density at radius 2 is 1.43 bits per heavy atom. The second kappa shape index (κ2) is 4.64. The molecule has 0 aliphatic heterocycles. The van der Waals surface area contributed by atoms with Crippen molar-refractivity contribution in [2.45, 2.75) is 0 Å². The fraction of sp³-hybridized carbons (Fsp3) is 0. The minimum absolute atomic E-state index is 0.0170. The fourth-order valence-corrected chi connectivity index (χ4v) is 2.38. The summed E-state index contributed by atoms with van der Waals surface area (Å²) in [5, 5.41) is 1.95. The first-order chi connectivity index (χ1) is 12.8. The van der Waals surface area contributed by atoms with Crippen molar-refractivity contribution in [2.75, 3.05) is 5.73 Å². The number of hydrogen-bond donors (Lipinski definition) is 1. The van der Waals surface area contributed by atoms with Gasteiger partial charge in [0.05, 0.1) is 8.22 Å². The molecule has 0 heterocycles. The number of benzene rings is 4. The number of nitrogen functional groups attached to an aromatic ring is 1. The zero-order valence-corrected chi connectivity index (χ0v) is 11.1. The highest BCUT2D eigenvalue weighted by atomic mass is 14.5. The van der Waals surface area contributed by atoms with Gasteiger partial charge in [0.25, 0.3) is 0 Å². The largest absolute Gasteiger partial charge is 0.399 e. The van der Waals surface area contributed by atoms with Gasteiger partial charge in [0.15, 0.2) is 0 Å². The van der Waals surface area contributed by atoms with Crippen LogP contribution in [0.2, 0.25) is 0 Å². The van der Waals surface area contributed by atoms with Gasteiger partial charge < -0.3 is 5.73 Å². The van der Waals surface area contributed by atoms with Crippen LogP contribution in [0.3, 0.4) is 0 Å². The molecular formula is C20H15N. The minimum Gasteiger partial charge on any atom is -0.399 e. The monoisotopic (exact) mass is 275 g/mol. The Balaban J connectivity index is 2.15. The first-order valence-electron chi connectivity index (χ1n) is 9.60. The number of anilines is 1. The molecule has 1 nitrogen and oxygen atoms in total. The lowest BCUT2D eigenvalue weighted by atomic mass is 9.98. The second-order valence-corrected chi connectivity index (χ2v) is 4.85. The molecule has 0 spiro atoms. The van der Waals surface area contributed by atoms with Crippen molar-refractivity contribution in [3.05, 3.63) is 78.7 Å². The van der Waals surface area contributed by atoms with Crippen LogP contribution in [0.15, 0.2) is 78.7 Å². The van der Waals surface area contributed by atoms with Crippen LogP contribution in [0.1, 0.15) is 8.22 Å². The van der Waals surface area contributed by atoms with Crippen molar-refractivity contribution in [1.29, 1.82) is 0 Å². The Labute approximate surface area is 132 Å².